The predicted octanol–water partition coefficient (Wildman–Crippen LogP) is 2.59. The van der Waals surface area contributed by atoms with E-state index in [2.05, 4.69) is 23.3 Å². The summed E-state index contributed by atoms with van der Waals surface area (Å²) >= 11 is 6.09. The number of rotatable bonds is 0. The lowest BCUT2D eigenvalue weighted by atomic mass is 10.2. The molecule has 0 amide bonds. The number of benzene rings is 1. The Morgan fingerprint density at radius 1 is 1.46 bits per heavy atom. The number of nitrogens with one attached hydrogen (secondary N) is 1. The molecule has 2 nitrogen and oxygen atoms in total. The van der Waals surface area contributed by atoms with E-state index in [1.165, 1.54) is 5.69 Å². The molecule has 70 valence electrons. The molecule has 0 aromatic heterocycles. The SMILES string of the molecule is CN1CCCNc2c(Cl)cccc21. The van der Waals surface area contributed by atoms with Gasteiger partial charge in [0.2, 0.25) is 0 Å². The van der Waals surface area contributed by atoms with Crippen molar-refractivity contribution in [2.75, 3.05) is 30.4 Å². The molecule has 13 heavy (non-hydrogen) atoms. The molecule has 0 saturated carbocycles. The number of halogens is 1. The molecule has 0 spiro atoms. The van der Waals surface area contributed by atoms with Crippen LogP contribution in [0.2, 0.25) is 5.02 Å². The molecule has 1 aliphatic rings. The second-order valence-electron chi connectivity index (χ2n) is 3.34. The van der Waals surface area contributed by atoms with Gasteiger partial charge in [0, 0.05) is 20.1 Å². The third-order valence-electron chi connectivity index (χ3n) is 2.37. The lowest BCUT2D eigenvalue weighted by Gasteiger charge is -2.18. The maximum atomic E-state index is 6.09. The van der Waals surface area contributed by atoms with Crippen LogP contribution >= 0.6 is 11.6 Å². The Balaban J connectivity index is 2.47. The fourth-order valence-corrected chi connectivity index (χ4v) is 1.89. The van der Waals surface area contributed by atoms with Crippen LogP contribution in [0.3, 0.4) is 0 Å². The Morgan fingerprint density at radius 3 is 3.15 bits per heavy atom. The number of hydrogen-bond donors (Lipinski definition) is 1. The largest absolute Gasteiger partial charge is 0.382 e. The smallest absolute Gasteiger partial charge is 0.0767 e. The van der Waals surface area contributed by atoms with Crippen molar-refractivity contribution in [3.63, 3.8) is 0 Å². The molecule has 0 bridgehead atoms. The fourth-order valence-electron chi connectivity index (χ4n) is 1.66. The Labute approximate surface area is 83.5 Å². The first-order valence-corrected chi connectivity index (χ1v) is 4.90. The van der Waals surface area contributed by atoms with E-state index in [4.69, 9.17) is 11.6 Å². The van der Waals surface area contributed by atoms with Gasteiger partial charge in [0.05, 0.1) is 16.4 Å². The zero-order valence-corrected chi connectivity index (χ0v) is 8.43. The highest BCUT2D eigenvalue weighted by molar-refractivity contribution is 6.34. The van der Waals surface area contributed by atoms with Gasteiger partial charge in [0.15, 0.2) is 0 Å². The molecule has 0 radical (unpaired) electrons. The van der Waals surface area contributed by atoms with Crippen molar-refractivity contribution < 1.29 is 0 Å². The molecule has 0 aliphatic carbocycles. The maximum Gasteiger partial charge on any atom is 0.0767 e. The molecule has 2 rings (SSSR count). The molecular weight excluding hydrogens is 184 g/mol. The second kappa shape index (κ2) is 3.46. The summed E-state index contributed by atoms with van der Waals surface area (Å²) in [6.07, 6.45) is 1.15. The monoisotopic (exact) mass is 196 g/mol. The molecule has 1 aliphatic heterocycles. The van der Waals surface area contributed by atoms with E-state index in [1.807, 2.05) is 12.1 Å². The third kappa shape index (κ3) is 1.59. The molecule has 0 fully saturated rings. The van der Waals surface area contributed by atoms with Gasteiger partial charge < -0.3 is 10.2 Å². The minimum atomic E-state index is 0.811. The van der Waals surface area contributed by atoms with Crippen molar-refractivity contribution in [1.82, 2.24) is 0 Å². The van der Waals surface area contributed by atoms with E-state index in [0.717, 1.165) is 30.2 Å². The second-order valence-corrected chi connectivity index (χ2v) is 3.74. The van der Waals surface area contributed by atoms with Crippen molar-refractivity contribution in [1.29, 1.82) is 0 Å². The van der Waals surface area contributed by atoms with Crippen LogP contribution in [0.4, 0.5) is 11.4 Å². The first-order valence-electron chi connectivity index (χ1n) is 4.52. The van der Waals surface area contributed by atoms with Crippen molar-refractivity contribution in [2.45, 2.75) is 6.42 Å². The highest BCUT2D eigenvalue weighted by Gasteiger charge is 2.13. The van der Waals surface area contributed by atoms with Gasteiger partial charge in [-0.2, -0.15) is 0 Å². The van der Waals surface area contributed by atoms with E-state index < -0.39 is 0 Å². The summed E-state index contributed by atoms with van der Waals surface area (Å²) in [6.45, 7) is 2.08. The lowest BCUT2D eigenvalue weighted by molar-refractivity contribution is 0.837. The van der Waals surface area contributed by atoms with E-state index in [9.17, 15) is 0 Å². The van der Waals surface area contributed by atoms with Crippen molar-refractivity contribution >= 4 is 23.0 Å². The van der Waals surface area contributed by atoms with E-state index in [-0.39, 0.29) is 0 Å². The van der Waals surface area contributed by atoms with E-state index >= 15 is 0 Å². The standard InChI is InChI=1S/C10H13ClN2/c1-13-7-3-6-12-10-8(11)4-2-5-9(10)13/h2,4-5,12H,3,6-7H2,1H3. The molecule has 1 aromatic carbocycles. The first-order chi connectivity index (χ1) is 6.29. The topological polar surface area (TPSA) is 15.3 Å². The van der Waals surface area contributed by atoms with Crippen LogP contribution in [0.25, 0.3) is 0 Å². The Morgan fingerprint density at radius 2 is 2.31 bits per heavy atom. The maximum absolute atomic E-state index is 6.09. The van der Waals surface area contributed by atoms with Crippen LogP contribution < -0.4 is 10.2 Å². The van der Waals surface area contributed by atoms with Crippen molar-refractivity contribution in [2.24, 2.45) is 0 Å². The van der Waals surface area contributed by atoms with Crippen LogP contribution in [0, 0.1) is 0 Å². The summed E-state index contributed by atoms with van der Waals surface area (Å²) in [5.41, 5.74) is 2.27. The minimum absolute atomic E-state index is 0.811. The molecule has 1 aromatic rings. The van der Waals surface area contributed by atoms with Gasteiger partial charge in [-0.1, -0.05) is 17.7 Å². The molecular formula is C10H13ClN2. The first kappa shape index (κ1) is 8.70. The van der Waals surface area contributed by atoms with Gasteiger partial charge in [-0.3, -0.25) is 0 Å². The average molecular weight is 197 g/mol. The minimum Gasteiger partial charge on any atom is -0.382 e. The summed E-state index contributed by atoms with van der Waals surface area (Å²) in [4.78, 5) is 2.24. The van der Waals surface area contributed by atoms with Gasteiger partial charge in [0.25, 0.3) is 0 Å². The highest BCUT2D eigenvalue weighted by atomic mass is 35.5. The fraction of sp³-hybridized carbons (Fsp3) is 0.400. The number of para-hydroxylation sites is 1. The van der Waals surface area contributed by atoms with Crippen LogP contribution in [-0.4, -0.2) is 20.1 Å². The van der Waals surface area contributed by atoms with Crippen LogP contribution in [-0.2, 0) is 0 Å². The Kier molecular flexibility index (Phi) is 2.32. The third-order valence-corrected chi connectivity index (χ3v) is 2.69. The summed E-state index contributed by atoms with van der Waals surface area (Å²) in [6, 6.07) is 6.01. The molecule has 0 unspecified atom stereocenters. The van der Waals surface area contributed by atoms with Crippen molar-refractivity contribution in [3.8, 4) is 0 Å². The normalized spacial score (nSPS) is 16.0. The molecule has 0 atom stereocenters. The number of anilines is 2. The molecule has 1 heterocycles. The highest BCUT2D eigenvalue weighted by Crippen LogP contribution is 2.33. The molecule has 3 heteroatoms. The summed E-state index contributed by atoms with van der Waals surface area (Å²) in [5, 5.41) is 4.16. The van der Waals surface area contributed by atoms with Crippen molar-refractivity contribution in [3.05, 3.63) is 23.2 Å². The van der Waals surface area contributed by atoms with Crippen LogP contribution in [0.1, 0.15) is 6.42 Å². The lowest BCUT2D eigenvalue weighted by Crippen LogP contribution is -2.17. The predicted molar refractivity (Wildman–Crippen MR) is 57.8 cm³/mol. The summed E-state index contributed by atoms with van der Waals surface area (Å²) in [5.74, 6) is 0. The number of nitrogens with zero attached hydrogens (tertiary/aromatic N) is 1. The Hall–Kier alpha value is -0.890. The zero-order chi connectivity index (χ0) is 9.26. The quantitative estimate of drug-likeness (QED) is 0.686. The van der Waals surface area contributed by atoms with Gasteiger partial charge in [-0.15, -0.1) is 0 Å². The van der Waals surface area contributed by atoms with E-state index in [0.29, 0.717) is 0 Å². The Bertz CT molecular complexity index is 312. The van der Waals surface area contributed by atoms with E-state index in [1.54, 1.807) is 0 Å². The number of fused-ring (bicyclic) bond motifs is 1. The van der Waals surface area contributed by atoms with Crippen LogP contribution in [0.15, 0.2) is 18.2 Å². The molecule has 0 saturated heterocycles. The van der Waals surface area contributed by atoms with Crippen LogP contribution in [0.5, 0.6) is 0 Å². The average Bonchev–Trinajstić information content (AvgIpc) is 2.30. The number of hydrogen-bond acceptors (Lipinski definition) is 2. The van der Waals surface area contributed by atoms with Gasteiger partial charge in [-0.25, -0.2) is 0 Å². The van der Waals surface area contributed by atoms with Gasteiger partial charge in [-0.05, 0) is 18.6 Å². The summed E-state index contributed by atoms with van der Waals surface area (Å²) < 4.78 is 0. The summed E-state index contributed by atoms with van der Waals surface area (Å²) in [7, 11) is 2.10. The molecule has 1 N–H and O–H groups in total. The zero-order valence-electron chi connectivity index (χ0n) is 7.68. The van der Waals surface area contributed by atoms with Gasteiger partial charge in [0.1, 0.15) is 0 Å². The van der Waals surface area contributed by atoms with Gasteiger partial charge >= 0.3 is 0 Å².